The maximum atomic E-state index is 6.33. The quantitative estimate of drug-likeness (QED) is 0.636. The highest BCUT2D eigenvalue weighted by Gasteiger charge is 2.26. The van der Waals surface area contributed by atoms with Crippen molar-refractivity contribution in [3.05, 3.63) is 53.7 Å². The van der Waals surface area contributed by atoms with Crippen molar-refractivity contribution >= 4 is 24.0 Å². The molecule has 1 aromatic carbocycles. The maximum absolute atomic E-state index is 6.33. The second kappa shape index (κ2) is 3.84. The molecular formula is C12H9Cl2N. The van der Waals surface area contributed by atoms with Crippen LogP contribution in [0.4, 0.5) is 0 Å². The fraction of sp³-hybridized carbons (Fsp3) is 0.0833. The molecule has 0 aliphatic heterocycles. The van der Waals surface area contributed by atoms with Crippen LogP contribution >= 0.6 is 24.0 Å². The van der Waals surface area contributed by atoms with Crippen LogP contribution in [0.25, 0.3) is 11.3 Å². The minimum absolute atomic E-state index is 0. The fourth-order valence-corrected chi connectivity index (χ4v) is 2.31. The highest BCUT2D eigenvalue weighted by Crippen LogP contribution is 2.45. The summed E-state index contributed by atoms with van der Waals surface area (Å²) in [5, 5.41) is -0.0325. The van der Waals surface area contributed by atoms with E-state index in [9.17, 15) is 0 Å². The van der Waals surface area contributed by atoms with E-state index in [1.54, 1.807) is 0 Å². The Morgan fingerprint density at radius 2 is 1.73 bits per heavy atom. The van der Waals surface area contributed by atoms with Crippen LogP contribution in [-0.4, -0.2) is 4.98 Å². The molecule has 2 aromatic rings. The van der Waals surface area contributed by atoms with E-state index in [1.165, 1.54) is 11.1 Å². The van der Waals surface area contributed by atoms with Gasteiger partial charge in [0.2, 0.25) is 0 Å². The molecule has 0 fully saturated rings. The third-order valence-corrected chi connectivity index (χ3v) is 3.07. The smallest absolute Gasteiger partial charge is 0.0863 e. The van der Waals surface area contributed by atoms with Crippen molar-refractivity contribution in [2.24, 2.45) is 0 Å². The lowest BCUT2D eigenvalue weighted by Gasteiger charge is -2.01. The topological polar surface area (TPSA) is 12.9 Å². The number of pyridine rings is 1. The molecule has 0 amide bonds. The number of hydrogen-bond acceptors (Lipinski definition) is 1. The lowest BCUT2D eigenvalue weighted by molar-refractivity contribution is 1.18. The Morgan fingerprint density at radius 1 is 1.00 bits per heavy atom. The first-order valence-corrected chi connectivity index (χ1v) is 5.00. The molecule has 1 aliphatic carbocycles. The molecule has 3 rings (SSSR count). The molecule has 76 valence electrons. The SMILES string of the molecule is Cl.ClC1c2ccccc2-c2ncccc21. The Morgan fingerprint density at radius 3 is 2.60 bits per heavy atom. The van der Waals surface area contributed by atoms with Crippen LogP contribution in [0.5, 0.6) is 0 Å². The molecule has 0 spiro atoms. The van der Waals surface area contributed by atoms with Gasteiger partial charge in [-0.2, -0.15) is 0 Å². The molecule has 1 aliphatic rings. The van der Waals surface area contributed by atoms with Gasteiger partial charge in [0.05, 0.1) is 11.1 Å². The average Bonchev–Trinajstić information content (AvgIpc) is 2.55. The normalized spacial score (nSPS) is 16.5. The molecular weight excluding hydrogens is 229 g/mol. The Balaban J connectivity index is 0.000000853. The Labute approximate surface area is 99.5 Å². The van der Waals surface area contributed by atoms with Crippen molar-refractivity contribution in [2.45, 2.75) is 5.38 Å². The zero-order chi connectivity index (χ0) is 9.54. The van der Waals surface area contributed by atoms with Gasteiger partial charge in [0.1, 0.15) is 0 Å². The van der Waals surface area contributed by atoms with E-state index in [1.807, 2.05) is 30.5 Å². The van der Waals surface area contributed by atoms with Crippen LogP contribution < -0.4 is 0 Å². The van der Waals surface area contributed by atoms with Crippen molar-refractivity contribution < 1.29 is 0 Å². The van der Waals surface area contributed by atoms with E-state index in [0.29, 0.717) is 0 Å². The van der Waals surface area contributed by atoms with Gasteiger partial charge >= 0.3 is 0 Å². The summed E-state index contributed by atoms with van der Waals surface area (Å²) in [4.78, 5) is 4.37. The molecule has 0 bridgehead atoms. The lowest BCUT2D eigenvalue weighted by Crippen LogP contribution is -1.85. The van der Waals surface area contributed by atoms with E-state index in [-0.39, 0.29) is 17.8 Å². The summed E-state index contributed by atoms with van der Waals surface area (Å²) in [5.74, 6) is 0. The summed E-state index contributed by atoms with van der Waals surface area (Å²) < 4.78 is 0. The summed E-state index contributed by atoms with van der Waals surface area (Å²) in [7, 11) is 0. The van der Waals surface area contributed by atoms with Crippen molar-refractivity contribution in [1.82, 2.24) is 4.98 Å². The third kappa shape index (κ3) is 1.43. The van der Waals surface area contributed by atoms with Crippen molar-refractivity contribution in [3.8, 4) is 11.3 Å². The van der Waals surface area contributed by atoms with Crippen LogP contribution in [0.3, 0.4) is 0 Å². The minimum Gasteiger partial charge on any atom is -0.256 e. The molecule has 0 N–H and O–H groups in total. The Hall–Kier alpha value is -1.05. The molecule has 1 heterocycles. The van der Waals surface area contributed by atoms with Gasteiger partial charge in [-0.1, -0.05) is 30.3 Å². The monoisotopic (exact) mass is 237 g/mol. The molecule has 0 saturated carbocycles. The van der Waals surface area contributed by atoms with Crippen LogP contribution in [0.1, 0.15) is 16.5 Å². The fourth-order valence-electron chi connectivity index (χ4n) is 1.95. The van der Waals surface area contributed by atoms with Crippen molar-refractivity contribution in [3.63, 3.8) is 0 Å². The highest BCUT2D eigenvalue weighted by molar-refractivity contribution is 6.24. The predicted octanol–water partition coefficient (Wildman–Crippen LogP) is 3.81. The van der Waals surface area contributed by atoms with Crippen molar-refractivity contribution in [2.75, 3.05) is 0 Å². The van der Waals surface area contributed by atoms with Gasteiger partial charge in [0.15, 0.2) is 0 Å². The first kappa shape index (κ1) is 10.5. The number of rotatable bonds is 0. The van der Waals surface area contributed by atoms with Gasteiger partial charge in [0.25, 0.3) is 0 Å². The van der Waals surface area contributed by atoms with E-state index in [4.69, 9.17) is 11.6 Å². The second-order valence-electron chi connectivity index (χ2n) is 3.39. The van der Waals surface area contributed by atoms with Gasteiger partial charge in [-0.25, -0.2) is 0 Å². The largest absolute Gasteiger partial charge is 0.256 e. The Kier molecular flexibility index (Phi) is 2.68. The average molecular weight is 238 g/mol. The van der Waals surface area contributed by atoms with E-state index in [2.05, 4.69) is 17.1 Å². The molecule has 1 atom stereocenters. The summed E-state index contributed by atoms with van der Waals surface area (Å²) in [6, 6.07) is 12.1. The summed E-state index contributed by atoms with van der Waals surface area (Å²) in [5.41, 5.74) is 4.49. The van der Waals surface area contributed by atoms with E-state index < -0.39 is 0 Å². The number of halogens is 2. The van der Waals surface area contributed by atoms with Gasteiger partial charge in [-0.15, -0.1) is 24.0 Å². The third-order valence-electron chi connectivity index (χ3n) is 2.60. The molecule has 1 nitrogen and oxygen atoms in total. The summed E-state index contributed by atoms with van der Waals surface area (Å²) >= 11 is 6.33. The van der Waals surface area contributed by atoms with Crippen LogP contribution in [-0.2, 0) is 0 Å². The highest BCUT2D eigenvalue weighted by atomic mass is 35.5. The van der Waals surface area contributed by atoms with Gasteiger partial charge in [-0.3, -0.25) is 4.98 Å². The molecule has 1 unspecified atom stereocenters. The number of hydrogen-bond donors (Lipinski definition) is 0. The number of benzene rings is 1. The minimum atomic E-state index is -0.0325. The zero-order valence-electron chi connectivity index (χ0n) is 7.85. The number of fused-ring (bicyclic) bond motifs is 3. The lowest BCUT2D eigenvalue weighted by atomic mass is 10.1. The number of aromatic nitrogens is 1. The first-order chi connectivity index (χ1) is 6.88. The van der Waals surface area contributed by atoms with Gasteiger partial charge in [0, 0.05) is 17.3 Å². The number of alkyl halides is 1. The summed E-state index contributed by atoms with van der Waals surface area (Å²) in [6.07, 6.45) is 1.81. The standard InChI is InChI=1S/C12H8ClN.ClH/c13-11-8-4-1-2-5-9(8)12-10(11)6-3-7-14-12;/h1-7,11H;1H. The van der Waals surface area contributed by atoms with Crippen LogP contribution in [0.2, 0.25) is 0 Å². The maximum Gasteiger partial charge on any atom is 0.0863 e. The zero-order valence-corrected chi connectivity index (χ0v) is 9.42. The van der Waals surface area contributed by atoms with E-state index >= 15 is 0 Å². The van der Waals surface area contributed by atoms with Gasteiger partial charge in [-0.05, 0) is 11.6 Å². The molecule has 0 saturated heterocycles. The van der Waals surface area contributed by atoms with Crippen LogP contribution in [0, 0.1) is 0 Å². The molecule has 3 heteroatoms. The number of nitrogens with zero attached hydrogens (tertiary/aromatic N) is 1. The van der Waals surface area contributed by atoms with Crippen LogP contribution in [0.15, 0.2) is 42.6 Å². The predicted molar refractivity (Wildman–Crippen MR) is 64.6 cm³/mol. The molecule has 15 heavy (non-hydrogen) atoms. The van der Waals surface area contributed by atoms with Gasteiger partial charge < -0.3 is 0 Å². The second-order valence-corrected chi connectivity index (χ2v) is 3.83. The van der Waals surface area contributed by atoms with E-state index in [0.717, 1.165) is 11.3 Å². The molecule has 0 radical (unpaired) electrons. The molecule has 1 aromatic heterocycles. The summed E-state index contributed by atoms with van der Waals surface area (Å²) in [6.45, 7) is 0. The Bertz CT molecular complexity index is 451. The van der Waals surface area contributed by atoms with Crippen molar-refractivity contribution in [1.29, 1.82) is 0 Å². The first-order valence-electron chi connectivity index (χ1n) is 4.56.